The monoisotopic (exact) mass is 318 g/mol. The Morgan fingerprint density at radius 3 is 2.24 bits per heavy atom. The summed E-state index contributed by atoms with van der Waals surface area (Å²) in [5.41, 5.74) is -0.895. The van der Waals surface area contributed by atoms with E-state index in [4.69, 9.17) is 4.74 Å². The molecule has 1 fully saturated rings. The first kappa shape index (κ1) is 18.1. The van der Waals surface area contributed by atoms with Crippen molar-refractivity contribution in [2.24, 2.45) is 0 Å². The number of amides is 2. The minimum absolute atomic E-state index is 0.340. The molecule has 122 valence electrons. The number of carbonyl (C=O) groups is 2. The molecule has 0 aromatic rings. The summed E-state index contributed by atoms with van der Waals surface area (Å²) in [7, 11) is 0. The van der Waals surface area contributed by atoms with Gasteiger partial charge in [-0.25, -0.2) is 9.59 Å². The number of hydrogen-bond acceptors (Lipinski definition) is 4. The molecule has 0 aromatic carbocycles. The Hall–Kier alpha value is -0.950. The van der Waals surface area contributed by atoms with E-state index in [1.54, 1.807) is 16.7 Å². The molecule has 0 saturated carbocycles. The Morgan fingerprint density at radius 2 is 1.81 bits per heavy atom. The molecule has 0 bridgehead atoms. The van der Waals surface area contributed by atoms with Gasteiger partial charge in [0.25, 0.3) is 0 Å². The molecule has 0 aromatic heterocycles. The molecule has 21 heavy (non-hydrogen) atoms. The SMILES string of the molecule is CSCC[C@@H](NC(=O)N1CC(C)(C)OC(C)(C)C1)C(=O)O. The molecule has 1 aliphatic heterocycles. The topological polar surface area (TPSA) is 78.9 Å². The first-order valence-corrected chi connectivity index (χ1v) is 8.43. The van der Waals surface area contributed by atoms with Crippen molar-refractivity contribution in [3.8, 4) is 0 Å². The molecule has 1 aliphatic rings. The van der Waals surface area contributed by atoms with Gasteiger partial charge in [0.1, 0.15) is 6.04 Å². The fraction of sp³-hybridized carbons (Fsp3) is 0.857. The highest BCUT2D eigenvalue weighted by molar-refractivity contribution is 7.98. The van der Waals surface area contributed by atoms with E-state index in [-0.39, 0.29) is 6.03 Å². The number of thioether (sulfide) groups is 1. The second-order valence-corrected chi connectivity index (χ2v) is 7.58. The van der Waals surface area contributed by atoms with Gasteiger partial charge in [0.15, 0.2) is 0 Å². The average Bonchev–Trinajstić information content (AvgIpc) is 2.29. The van der Waals surface area contributed by atoms with Crippen LogP contribution in [-0.4, -0.2) is 64.3 Å². The van der Waals surface area contributed by atoms with Crippen LogP contribution in [0.1, 0.15) is 34.1 Å². The van der Waals surface area contributed by atoms with Gasteiger partial charge in [-0.05, 0) is 46.1 Å². The number of morpholine rings is 1. The van der Waals surface area contributed by atoms with Crippen LogP contribution in [-0.2, 0) is 9.53 Å². The maximum atomic E-state index is 12.3. The van der Waals surface area contributed by atoms with E-state index >= 15 is 0 Å². The number of nitrogens with one attached hydrogen (secondary N) is 1. The van der Waals surface area contributed by atoms with Crippen LogP contribution in [0.4, 0.5) is 4.79 Å². The molecule has 1 rings (SSSR count). The number of urea groups is 1. The molecule has 6 nitrogen and oxygen atoms in total. The number of nitrogens with zero attached hydrogens (tertiary/aromatic N) is 1. The van der Waals surface area contributed by atoms with E-state index in [2.05, 4.69) is 5.32 Å². The van der Waals surface area contributed by atoms with E-state index in [9.17, 15) is 14.7 Å². The van der Waals surface area contributed by atoms with Crippen LogP contribution in [0.25, 0.3) is 0 Å². The summed E-state index contributed by atoms with van der Waals surface area (Å²) in [6.45, 7) is 8.59. The van der Waals surface area contributed by atoms with Crippen LogP contribution in [0.5, 0.6) is 0 Å². The summed E-state index contributed by atoms with van der Waals surface area (Å²) in [6, 6.07) is -1.19. The van der Waals surface area contributed by atoms with Crippen molar-refractivity contribution in [2.75, 3.05) is 25.1 Å². The molecule has 0 unspecified atom stereocenters. The van der Waals surface area contributed by atoms with Gasteiger partial charge in [-0.2, -0.15) is 11.8 Å². The molecular formula is C14H26N2O4S. The maximum Gasteiger partial charge on any atom is 0.326 e. The highest BCUT2D eigenvalue weighted by atomic mass is 32.2. The largest absolute Gasteiger partial charge is 0.480 e. The van der Waals surface area contributed by atoms with Gasteiger partial charge in [-0.15, -0.1) is 0 Å². The lowest BCUT2D eigenvalue weighted by Crippen LogP contribution is -2.61. The van der Waals surface area contributed by atoms with Crippen molar-refractivity contribution < 1.29 is 19.4 Å². The minimum atomic E-state index is -0.996. The van der Waals surface area contributed by atoms with Crippen LogP contribution >= 0.6 is 11.8 Å². The van der Waals surface area contributed by atoms with Gasteiger partial charge in [0.05, 0.1) is 24.3 Å². The Labute approximate surface area is 130 Å². The Morgan fingerprint density at radius 1 is 1.29 bits per heavy atom. The zero-order valence-corrected chi connectivity index (χ0v) is 14.2. The van der Waals surface area contributed by atoms with Crippen LogP contribution in [0.2, 0.25) is 0 Å². The third kappa shape index (κ3) is 5.74. The van der Waals surface area contributed by atoms with Crippen molar-refractivity contribution >= 4 is 23.8 Å². The van der Waals surface area contributed by atoms with Crippen molar-refractivity contribution in [1.82, 2.24) is 10.2 Å². The number of carboxylic acids is 1. The highest BCUT2D eigenvalue weighted by Gasteiger charge is 2.40. The summed E-state index contributed by atoms with van der Waals surface area (Å²) in [5, 5.41) is 11.8. The zero-order valence-electron chi connectivity index (χ0n) is 13.4. The molecule has 0 radical (unpaired) electrons. The molecule has 2 amide bonds. The van der Waals surface area contributed by atoms with Gasteiger partial charge >= 0.3 is 12.0 Å². The summed E-state index contributed by atoms with van der Waals surface area (Å²) in [6.07, 6.45) is 2.33. The van der Waals surface area contributed by atoms with E-state index in [0.717, 1.165) is 0 Å². The Bertz CT molecular complexity index is 382. The summed E-state index contributed by atoms with van der Waals surface area (Å²) >= 11 is 1.56. The van der Waals surface area contributed by atoms with Crippen LogP contribution in [0, 0.1) is 0 Å². The average molecular weight is 318 g/mol. The fourth-order valence-electron chi connectivity index (χ4n) is 2.66. The van der Waals surface area contributed by atoms with Gasteiger partial charge in [0, 0.05) is 0 Å². The number of carboxylic acid groups (broad SMARTS) is 1. The van der Waals surface area contributed by atoms with Crippen LogP contribution < -0.4 is 5.32 Å². The second-order valence-electron chi connectivity index (χ2n) is 6.60. The predicted molar refractivity (Wildman–Crippen MR) is 83.8 cm³/mol. The van der Waals surface area contributed by atoms with Crippen molar-refractivity contribution in [2.45, 2.75) is 51.4 Å². The number of carbonyl (C=O) groups excluding carboxylic acids is 1. The number of rotatable bonds is 5. The van der Waals surface area contributed by atoms with Crippen LogP contribution in [0.3, 0.4) is 0 Å². The van der Waals surface area contributed by atoms with Gasteiger partial charge in [-0.3, -0.25) is 0 Å². The van der Waals surface area contributed by atoms with E-state index in [0.29, 0.717) is 25.3 Å². The van der Waals surface area contributed by atoms with Gasteiger partial charge < -0.3 is 20.1 Å². The molecule has 2 N–H and O–H groups in total. The lowest BCUT2D eigenvalue weighted by Gasteiger charge is -2.47. The first-order chi connectivity index (χ1) is 9.56. The molecule has 1 heterocycles. The summed E-state index contributed by atoms with van der Waals surface area (Å²) < 4.78 is 5.92. The first-order valence-electron chi connectivity index (χ1n) is 7.04. The van der Waals surface area contributed by atoms with Crippen molar-refractivity contribution in [1.29, 1.82) is 0 Å². The van der Waals surface area contributed by atoms with E-state index in [1.807, 2.05) is 34.0 Å². The lowest BCUT2D eigenvalue weighted by atomic mass is 9.99. The molecule has 1 saturated heterocycles. The molecule has 0 aliphatic carbocycles. The third-order valence-electron chi connectivity index (χ3n) is 3.19. The number of ether oxygens (including phenoxy) is 1. The minimum Gasteiger partial charge on any atom is -0.480 e. The van der Waals surface area contributed by atoms with Crippen molar-refractivity contribution in [3.63, 3.8) is 0 Å². The maximum absolute atomic E-state index is 12.3. The molecule has 7 heteroatoms. The normalized spacial score (nSPS) is 21.7. The highest BCUT2D eigenvalue weighted by Crippen LogP contribution is 2.28. The second kappa shape index (κ2) is 6.87. The predicted octanol–water partition coefficient (Wildman–Crippen LogP) is 1.79. The van der Waals surface area contributed by atoms with E-state index in [1.165, 1.54) is 0 Å². The van der Waals surface area contributed by atoms with Crippen molar-refractivity contribution in [3.05, 3.63) is 0 Å². The van der Waals surface area contributed by atoms with E-state index < -0.39 is 23.2 Å². The summed E-state index contributed by atoms with van der Waals surface area (Å²) in [4.78, 5) is 25.2. The van der Waals surface area contributed by atoms with Gasteiger partial charge in [0.2, 0.25) is 0 Å². The molecule has 1 atom stereocenters. The lowest BCUT2D eigenvalue weighted by molar-refractivity contribution is -0.170. The molecular weight excluding hydrogens is 292 g/mol. The fourth-order valence-corrected chi connectivity index (χ4v) is 3.14. The number of aliphatic carboxylic acids is 1. The molecule has 0 spiro atoms. The van der Waals surface area contributed by atoms with Crippen LogP contribution in [0.15, 0.2) is 0 Å². The quantitative estimate of drug-likeness (QED) is 0.808. The summed E-state index contributed by atoms with van der Waals surface area (Å²) in [5.74, 6) is -0.304. The zero-order chi connectivity index (χ0) is 16.3. The van der Waals surface area contributed by atoms with Gasteiger partial charge in [-0.1, -0.05) is 0 Å². The standard InChI is InChI=1S/C14H26N2O4S/c1-13(2)8-16(9-14(3,4)20-13)12(19)15-10(11(17)18)6-7-21-5/h10H,6-9H2,1-5H3,(H,15,19)(H,17,18)/t10-/m1/s1. The Balaban J connectivity index is 2.70. The smallest absolute Gasteiger partial charge is 0.326 e. The Kier molecular flexibility index (Phi) is 5.92. The third-order valence-corrected chi connectivity index (χ3v) is 3.83. The number of hydrogen-bond donors (Lipinski definition) is 2.